The van der Waals surface area contributed by atoms with E-state index in [4.69, 9.17) is 0 Å². The number of para-hydroxylation sites is 1. The predicted molar refractivity (Wildman–Crippen MR) is 83.8 cm³/mol. The lowest BCUT2D eigenvalue weighted by Gasteiger charge is -2.28. The van der Waals surface area contributed by atoms with Gasteiger partial charge in [-0.2, -0.15) is 0 Å². The first-order valence-electron chi connectivity index (χ1n) is 7.73. The first kappa shape index (κ1) is 14.4. The van der Waals surface area contributed by atoms with Crippen LogP contribution in [0, 0.1) is 5.92 Å². The Hall–Kier alpha value is -1.02. The molecule has 0 amide bonds. The van der Waals surface area contributed by atoms with Gasteiger partial charge >= 0.3 is 0 Å². The summed E-state index contributed by atoms with van der Waals surface area (Å²) in [7, 11) is 4.31. The molecule has 2 rings (SSSR count). The van der Waals surface area contributed by atoms with Gasteiger partial charge in [0.2, 0.25) is 0 Å². The third-order valence-electron chi connectivity index (χ3n) is 4.49. The van der Waals surface area contributed by atoms with Crippen molar-refractivity contribution in [1.82, 2.24) is 5.32 Å². The largest absolute Gasteiger partial charge is 0.374 e. The molecular formula is C17H28N2. The molecule has 106 valence electrons. The molecule has 1 saturated carbocycles. The number of nitrogens with zero attached hydrogens (tertiary/aromatic N) is 1. The van der Waals surface area contributed by atoms with E-state index in [-0.39, 0.29) is 0 Å². The minimum Gasteiger partial charge on any atom is -0.374 e. The summed E-state index contributed by atoms with van der Waals surface area (Å²) in [5.41, 5.74) is 2.84. The lowest BCUT2D eigenvalue weighted by atomic mass is 10.0. The van der Waals surface area contributed by atoms with E-state index < -0.39 is 0 Å². The van der Waals surface area contributed by atoms with Crippen LogP contribution in [0.4, 0.5) is 5.69 Å². The van der Waals surface area contributed by atoms with E-state index in [1.807, 2.05) is 0 Å². The van der Waals surface area contributed by atoms with Gasteiger partial charge in [0, 0.05) is 25.3 Å². The second-order valence-corrected chi connectivity index (χ2v) is 5.84. The van der Waals surface area contributed by atoms with Crippen molar-refractivity contribution >= 4 is 5.69 Å². The maximum Gasteiger partial charge on any atom is 0.0412 e. The molecule has 2 heteroatoms. The number of nitrogens with one attached hydrogen (secondary N) is 1. The predicted octanol–water partition coefficient (Wildman–Crippen LogP) is 3.98. The van der Waals surface area contributed by atoms with Crippen LogP contribution in [0.25, 0.3) is 0 Å². The van der Waals surface area contributed by atoms with Gasteiger partial charge in [-0.25, -0.2) is 0 Å². The van der Waals surface area contributed by atoms with Crippen LogP contribution < -0.4 is 10.2 Å². The van der Waals surface area contributed by atoms with Crippen LogP contribution in [0.1, 0.15) is 50.6 Å². The fourth-order valence-electron chi connectivity index (χ4n) is 3.39. The van der Waals surface area contributed by atoms with Crippen molar-refractivity contribution in [2.24, 2.45) is 5.92 Å². The molecule has 1 aromatic carbocycles. The van der Waals surface area contributed by atoms with Gasteiger partial charge in [-0.15, -0.1) is 0 Å². The van der Waals surface area contributed by atoms with E-state index in [1.54, 1.807) is 0 Å². The normalized spacial score (nSPS) is 17.6. The molecule has 0 radical (unpaired) electrons. The molecule has 0 bridgehead atoms. The second kappa shape index (κ2) is 6.95. The molecule has 1 fully saturated rings. The van der Waals surface area contributed by atoms with Crippen LogP contribution in [0.2, 0.25) is 0 Å². The third kappa shape index (κ3) is 3.50. The van der Waals surface area contributed by atoms with Crippen molar-refractivity contribution in [3.63, 3.8) is 0 Å². The Morgan fingerprint density at radius 1 is 1.26 bits per heavy atom. The highest BCUT2D eigenvalue weighted by Crippen LogP contribution is 2.31. The number of rotatable bonds is 6. The summed E-state index contributed by atoms with van der Waals surface area (Å²) in [6, 6.07) is 9.31. The maximum absolute atomic E-state index is 3.43. The van der Waals surface area contributed by atoms with Gasteiger partial charge in [0.25, 0.3) is 0 Å². The van der Waals surface area contributed by atoms with Crippen LogP contribution in [-0.4, -0.2) is 20.6 Å². The molecule has 0 aliphatic heterocycles. The van der Waals surface area contributed by atoms with E-state index in [9.17, 15) is 0 Å². The summed E-state index contributed by atoms with van der Waals surface area (Å²) in [6.45, 7) is 3.45. The number of hydrogen-bond acceptors (Lipinski definition) is 2. The van der Waals surface area contributed by atoms with Gasteiger partial charge in [-0.3, -0.25) is 0 Å². The highest BCUT2D eigenvalue weighted by molar-refractivity contribution is 5.54. The van der Waals surface area contributed by atoms with Crippen molar-refractivity contribution < 1.29 is 0 Å². The Labute approximate surface area is 118 Å². The number of anilines is 1. The molecular weight excluding hydrogens is 232 g/mol. The minimum absolute atomic E-state index is 0.460. The van der Waals surface area contributed by atoms with Crippen molar-refractivity contribution in [1.29, 1.82) is 0 Å². The minimum atomic E-state index is 0.460. The van der Waals surface area contributed by atoms with E-state index in [2.05, 4.69) is 55.5 Å². The molecule has 0 aromatic heterocycles. The molecule has 1 aliphatic carbocycles. The molecule has 1 aromatic rings. The third-order valence-corrected chi connectivity index (χ3v) is 4.49. The zero-order valence-electron chi connectivity index (χ0n) is 12.7. The van der Waals surface area contributed by atoms with Crippen LogP contribution in [-0.2, 0) is 0 Å². The van der Waals surface area contributed by atoms with E-state index in [0.717, 1.165) is 12.3 Å². The Morgan fingerprint density at radius 2 is 1.95 bits per heavy atom. The van der Waals surface area contributed by atoms with Crippen LogP contribution in [0.3, 0.4) is 0 Å². The van der Waals surface area contributed by atoms with Crippen molar-refractivity contribution in [2.45, 2.75) is 45.1 Å². The monoisotopic (exact) mass is 260 g/mol. The smallest absolute Gasteiger partial charge is 0.0412 e. The average Bonchev–Trinajstić information content (AvgIpc) is 2.93. The van der Waals surface area contributed by atoms with Gasteiger partial charge < -0.3 is 10.2 Å². The van der Waals surface area contributed by atoms with Crippen molar-refractivity contribution in [3.8, 4) is 0 Å². The SMILES string of the molecule is CCC(NC)c1ccccc1N(C)CC1CCCC1. The Kier molecular flexibility index (Phi) is 5.26. The quantitative estimate of drug-likeness (QED) is 0.832. The molecule has 0 heterocycles. The lowest BCUT2D eigenvalue weighted by Crippen LogP contribution is -2.27. The molecule has 0 saturated heterocycles. The molecule has 1 unspecified atom stereocenters. The summed E-state index contributed by atoms with van der Waals surface area (Å²) in [5, 5.41) is 3.43. The summed E-state index contributed by atoms with van der Waals surface area (Å²) in [5.74, 6) is 0.896. The fourth-order valence-corrected chi connectivity index (χ4v) is 3.39. The topological polar surface area (TPSA) is 15.3 Å². The first-order chi connectivity index (χ1) is 9.26. The Morgan fingerprint density at radius 3 is 2.58 bits per heavy atom. The van der Waals surface area contributed by atoms with Crippen LogP contribution in [0.15, 0.2) is 24.3 Å². The van der Waals surface area contributed by atoms with Crippen molar-refractivity contribution in [3.05, 3.63) is 29.8 Å². The summed E-state index contributed by atoms with van der Waals surface area (Å²) < 4.78 is 0. The molecule has 0 spiro atoms. The zero-order valence-corrected chi connectivity index (χ0v) is 12.7. The van der Waals surface area contributed by atoms with Gasteiger partial charge in [0.15, 0.2) is 0 Å². The number of benzene rings is 1. The maximum atomic E-state index is 3.43. The van der Waals surface area contributed by atoms with Crippen LogP contribution in [0.5, 0.6) is 0 Å². The standard InChI is InChI=1S/C17H28N2/c1-4-16(18-2)15-11-7-8-12-17(15)19(3)13-14-9-5-6-10-14/h7-8,11-12,14,16,18H,4-6,9-10,13H2,1-3H3. The number of hydrogen-bond donors (Lipinski definition) is 1. The fraction of sp³-hybridized carbons (Fsp3) is 0.647. The highest BCUT2D eigenvalue weighted by atomic mass is 15.1. The highest BCUT2D eigenvalue weighted by Gasteiger charge is 2.19. The van der Waals surface area contributed by atoms with Crippen LogP contribution >= 0.6 is 0 Å². The second-order valence-electron chi connectivity index (χ2n) is 5.84. The Bertz CT molecular complexity index is 379. The molecule has 2 nitrogen and oxygen atoms in total. The van der Waals surface area contributed by atoms with Gasteiger partial charge in [0.05, 0.1) is 0 Å². The molecule has 1 aliphatic rings. The lowest BCUT2D eigenvalue weighted by molar-refractivity contribution is 0.540. The summed E-state index contributed by atoms with van der Waals surface area (Å²) in [6.07, 6.45) is 6.80. The van der Waals surface area contributed by atoms with E-state index in [1.165, 1.54) is 43.5 Å². The zero-order chi connectivity index (χ0) is 13.7. The molecule has 1 atom stereocenters. The summed E-state index contributed by atoms with van der Waals surface area (Å²) >= 11 is 0. The average molecular weight is 260 g/mol. The molecule has 19 heavy (non-hydrogen) atoms. The molecule has 1 N–H and O–H groups in total. The van der Waals surface area contributed by atoms with Gasteiger partial charge in [0.1, 0.15) is 0 Å². The first-order valence-corrected chi connectivity index (χ1v) is 7.73. The van der Waals surface area contributed by atoms with Gasteiger partial charge in [-0.05, 0) is 43.9 Å². The Balaban J connectivity index is 2.13. The van der Waals surface area contributed by atoms with Crippen molar-refractivity contribution in [2.75, 3.05) is 25.5 Å². The van der Waals surface area contributed by atoms with E-state index >= 15 is 0 Å². The van der Waals surface area contributed by atoms with E-state index in [0.29, 0.717) is 6.04 Å². The summed E-state index contributed by atoms with van der Waals surface area (Å²) in [4.78, 5) is 2.46. The van der Waals surface area contributed by atoms with Gasteiger partial charge in [-0.1, -0.05) is 38.0 Å².